The smallest absolute Gasteiger partial charge is 0.268 e. The van der Waals surface area contributed by atoms with Crippen molar-refractivity contribution in [3.05, 3.63) is 28.7 Å². The van der Waals surface area contributed by atoms with E-state index >= 15 is 0 Å². The molecule has 8 heteroatoms. The van der Waals surface area contributed by atoms with E-state index in [0.29, 0.717) is 17.1 Å². The Morgan fingerprint density at radius 2 is 2.47 bits per heavy atom. The average Bonchev–Trinajstić information content (AvgIpc) is 2.94. The predicted octanol–water partition coefficient (Wildman–Crippen LogP) is 1.34. The maximum Gasteiger partial charge on any atom is 0.268 e. The van der Waals surface area contributed by atoms with Crippen molar-refractivity contribution in [3.8, 4) is 0 Å². The van der Waals surface area contributed by atoms with Crippen molar-refractivity contribution in [2.24, 2.45) is 5.84 Å². The van der Waals surface area contributed by atoms with Gasteiger partial charge in [-0.2, -0.15) is 0 Å². The lowest BCUT2D eigenvalue weighted by Gasteiger charge is -1.99. The van der Waals surface area contributed by atoms with Gasteiger partial charge in [-0.15, -0.1) is 10.2 Å². The van der Waals surface area contributed by atoms with Crippen LogP contribution in [-0.2, 0) is 5.75 Å². The summed E-state index contributed by atoms with van der Waals surface area (Å²) in [4.78, 5) is 11.4. The number of furan rings is 1. The molecular weight excluding hydrogens is 260 g/mol. The zero-order valence-corrected chi connectivity index (χ0v) is 10.6. The summed E-state index contributed by atoms with van der Waals surface area (Å²) in [5, 5.41) is 8.79. The summed E-state index contributed by atoms with van der Waals surface area (Å²) in [5.41, 5.74) is 2.52. The van der Waals surface area contributed by atoms with E-state index in [-0.39, 0.29) is 5.91 Å². The van der Waals surface area contributed by atoms with E-state index in [2.05, 4.69) is 15.6 Å². The molecule has 0 bridgehead atoms. The Morgan fingerprint density at radius 1 is 1.65 bits per heavy atom. The summed E-state index contributed by atoms with van der Waals surface area (Å²) in [6.07, 6.45) is 1.46. The first-order chi connectivity index (χ1) is 8.20. The molecule has 0 unspecified atom stereocenters. The van der Waals surface area contributed by atoms with Crippen LogP contribution < -0.4 is 11.3 Å². The molecule has 2 rings (SSSR count). The van der Waals surface area contributed by atoms with Gasteiger partial charge in [-0.25, -0.2) is 5.84 Å². The number of hydrazine groups is 1. The van der Waals surface area contributed by atoms with Crippen molar-refractivity contribution >= 4 is 29.0 Å². The fourth-order valence-corrected chi connectivity index (χ4v) is 2.96. The molecule has 0 atom stereocenters. The lowest BCUT2D eigenvalue weighted by Crippen LogP contribution is -2.30. The van der Waals surface area contributed by atoms with Crippen LogP contribution in [0.4, 0.5) is 0 Å². The van der Waals surface area contributed by atoms with Crippen LogP contribution in [0.15, 0.2) is 21.1 Å². The minimum atomic E-state index is -0.359. The molecule has 0 aromatic carbocycles. The lowest BCUT2D eigenvalue weighted by atomic mass is 10.2. The van der Waals surface area contributed by atoms with Crippen LogP contribution in [0.5, 0.6) is 0 Å². The van der Waals surface area contributed by atoms with Crippen molar-refractivity contribution in [1.82, 2.24) is 15.6 Å². The number of hydrogen-bond donors (Lipinski definition) is 2. The molecule has 0 fully saturated rings. The van der Waals surface area contributed by atoms with Gasteiger partial charge in [-0.05, 0) is 13.0 Å². The zero-order chi connectivity index (χ0) is 12.3. The molecule has 90 valence electrons. The Balaban J connectivity index is 2.04. The largest absolute Gasteiger partial charge is 0.468 e. The zero-order valence-electron chi connectivity index (χ0n) is 8.97. The van der Waals surface area contributed by atoms with Gasteiger partial charge in [-0.3, -0.25) is 10.2 Å². The van der Waals surface area contributed by atoms with Gasteiger partial charge in [0.25, 0.3) is 5.91 Å². The molecule has 0 spiro atoms. The van der Waals surface area contributed by atoms with Gasteiger partial charge in [0.05, 0.1) is 17.6 Å². The predicted molar refractivity (Wildman–Crippen MR) is 64.6 cm³/mol. The van der Waals surface area contributed by atoms with E-state index in [4.69, 9.17) is 10.3 Å². The summed E-state index contributed by atoms with van der Waals surface area (Å²) < 4.78 is 6.08. The highest BCUT2D eigenvalue weighted by Crippen LogP contribution is 2.27. The van der Waals surface area contributed by atoms with Crippen molar-refractivity contribution < 1.29 is 9.21 Å². The van der Waals surface area contributed by atoms with Crippen LogP contribution in [0.1, 0.15) is 21.1 Å². The summed E-state index contributed by atoms with van der Waals surface area (Å²) in [7, 11) is 0. The van der Waals surface area contributed by atoms with E-state index in [9.17, 15) is 4.79 Å². The lowest BCUT2D eigenvalue weighted by molar-refractivity contribution is 0.0952. The Labute approximate surface area is 106 Å². The number of nitrogen functional groups attached to an aromatic ring is 1. The Morgan fingerprint density at radius 3 is 3.12 bits per heavy atom. The van der Waals surface area contributed by atoms with Crippen LogP contribution >= 0.6 is 23.1 Å². The van der Waals surface area contributed by atoms with Gasteiger partial charge in [0.15, 0.2) is 4.34 Å². The first-order valence-electron chi connectivity index (χ1n) is 4.71. The highest BCUT2D eigenvalue weighted by atomic mass is 32.2. The molecule has 0 aliphatic rings. The second-order valence-corrected chi connectivity index (χ2v) is 5.51. The van der Waals surface area contributed by atoms with E-state index in [1.807, 2.05) is 6.92 Å². The number of hydrogen-bond acceptors (Lipinski definition) is 7. The monoisotopic (exact) mass is 270 g/mol. The number of carbonyl (C=O) groups excluding carboxylic acids is 1. The molecule has 17 heavy (non-hydrogen) atoms. The first-order valence-corrected chi connectivity index (χ1v) is 6.51. The molecule has 6 nitrogen and oxygen atoms in total. The highest BCUT2D eigenvalue weighted by molar-refractivity contribution is 8.00. The summed E-state index contributed by atoms with van der Waals surface area (Å²) in [6.45, 7) is 1.89. The van der Waals surface area contributed by atoms with Crippen molar-refractivity contribution in [2.45, 2.75) is 17.0 Å². The summed E-state index contributed by atoms with van der Waals surface area (Å²) in [6, 6.07) is 1.59. The summed E-state index contributed by atoms with van der Waals surface area (Å²) in [5.74, 6) is 5.81. The van der Waals surface area contributed by atoms with Crippen molar-refractivity contribution in [3.63, 3.8) is 0 Å². The maximum atomic E-state index is 11.4. The fourth-order valence-electron chi connectivity index (χ4n) is 1.20. The number of aryl methyl sites for hydroxylation is 1. The number of amides is 1. The fraction of sp³-hybridized carbons (Fsp3) is 0.222. The normalized spacial score (nSPS) is 10.5. The number of carbonyl (C=O) groups is 1. The summed E-state index contributed by atoms with van der Waals surface area (Å²) >= 11 is 2.97. The third-order valence-electron chi connectivity index (χ3n) is 1.96. The van der Waals surface area contributed by atoms with Crippen LogP contribution in [0.25, 0.3) is 0 Å². The number of thioether (sulfide) groups is 1. The Kier molecular flexibility index (Phi) is 3.77. The molecule has 2 aromatic heterocycles. The topological polar surface area (TPSA) is 94.0 Å². The highest BCUT2D eigenvalue weighted by Gasteiger charge is 2.14. The molecule has 3 N–H and O–H groups in total. The number of aromatic nitrogens is 2. The number of rotatable bonds is 4. The van der Waals surface area contributed by atoms with E-state index < -0.39 is 0 Å². The molecule has 2 heterocycles. The Bertz CT molecular complexity index is 523. The molecule has 0 saturated carbocycles. The van der Waals surface area contributed by atoms with Crippen LogP contribution in [-0.4, -0.2) is 16.1 Å². The second-order valence-electron chi connectivity index (χ2n) is 3.11. The van der Waals surface area contributed by atoms with Gasteiger partial charge in [0.2, 0.25) is 0 Å². The third kappa shape index (κ3) is 2.84. The molecular formula is C9H10N4O2S2. The molecule has 0 radical (unpaired) electrons. The van der Waals surface area contributed by atoms with E-state index in [1.165, 1.54) is 29.4 Å². The molecule has 0 aliphatic carbocycles. The molecule has 0 saturated heterocycles. The van der Waals surface area contributed by atoms with Crippen LogP contribution in [0.3, 0.4) is 0 Å². The minimum Gasteiger partial charge on any atom is -0.468 e. The van der Waals surface area contributed by atoms with Crippen LogP contribution in [0.2, 0.25) is 0 Å². The average molecular weight is 270 g/mol. The quantitative estimate of drug-likeness (QED) is 0.377. The Hall–Kier alpha value is -1.38. The minimum absolute atomic E-state index is 0.359. The van der Waals surface area contributed by atoms with Gasteiger partial charge >= 0.3 is 0 Å². The molecule has 2 aromatic rings. The van der Waals surface area contributed by atoms with Gasteiger partial charge < -0.3 is 4.42 Å². The van der Waals surface area contributed by atoms with Gasteiger partial charge in [0.1, 0.15) is 10.8 Å². The van der Waals surface area contributed by atoms with Crippen LogP contribution in [0, 0.1) is 6.92 Å². The molecule has 1 amide bonds. The third-order valence-corrected chi connectivity index (χ3v) is 3.93. The second kappa shape index (κ2) is 5.30. The maximum absolute atomic E-state index is 11.4. The molecule has 0 aliphatic heterocycles. The number of nitrogens with two attached hydrogens (primary N) is 1. The number of nitrogens with zero attached hydrogens (tertiary/aromatic N) is 2. The van der Waals surface area contributed by atoms with E-state index in [0.717, 1.165) is 9.35 Å². The van der Waals surface area contributed by atoms with Crippen molar-refractivity contribution in [2.75, 3.05) is 0 Å². The SMILES string of the molecule is Cc1nnc(SCc2occc2C(=O)NN)s1. The van der Waals surface area contributed by atoms with Gasteiger partial charge in [0, 0.05) is 0 Å². The van der Waals surface area contributed by atoms with E-state index in [1.54, 1.807) is 6.07 Å². The first kappa shape index (κ1) is 12.1. The van der Waals surface area contributed by atoms with Gasteiger partial charge in [-0.1, -0.05) is 23.1 Å². The standard InChI is InChI=1S/C9H10N4O2S2/c1-5-12-13-9(17-5)16-4-7-6(2-3-15-7)8(14)11-10/h2-3H,4,10H2,1H3,(H,11,14). The number of nitrogens with one attached hydrogen (secondary N) is 1. The van der Waals surface area contributed by atoms with Crippen molar-refractivity contribution in [1.29, 1.82) is 0 Å².